The highest BCUT2D eigenvalue weighted by Crippen LogP contribution is 2.28. The smallest absolute Gasteiger partial charge is 0.0591 e. The van der Waals surface area contributed by atoms with Gasteiger partial charge in [0, 0.05) is 13.2 Å². The molecule has 0 spiro atoms. The van der Waals surface area contributed by atoms with Crippen LogP contribution in [0, 0.1) is 11.8 Å². The van der Waals surface area contributed by atoms with Gasteiger partial charge < -0.3 is 10.1 Å². The second-order valence-corrected chi connectivity index (χ2v) is 5.56. The Morgan fingerprint density at radius 1 is 0.875 bits per heavy atom. The average molecular weight is 225 g/mol. The lowest BCUT2D eigenvalue weighted by molar-refractivity contribution is 0.126. The molecule has 0 amide bonds. The number of rotatable bonds is 8. The van der Waals surface area contributed by atoms with Crippen LogP contribution in [0.1, 0.15) is 51.4 Å². The van der Waals surface area contributed by atoms with Crippen LogP contribution in [-0.2, 0) is 4.74 Å². The van der Waals surface area contributed by atoms with Crippen LogP contribution in [0.15, 0.2) is 0 Å². The maximum absolute atomic E-state index is 5.59. The fraction of sp³-hybridized carbons (Fsp3) is 1.00. The first-order valence-corrected chi connectivity index (χ1v) is 7.23. The van der Waals surface area contributed by atoms with E-state index in [4.69, 9.17) is 4.74 Å². The van der Waals surface area contributed by atoms with Gasteiger partial charge in [-0.3, -0.25) is 0 Å². The molecule has 16 heavy (non-hydrogen) atoms. The summed E-state index contributed by atoms with van der Waals surface area (Å²) in [6.45, 7) is 4.14. The van der Waals surface area contributed by atoms with Crippen molar-refractivity contribution in [2.24, 2.45) is 11.8 Å². The fourth-order valence-electron chi connectivity index (χ4n) is 2.59. The number of hydrogen-bond acceptors (Lipinski definition) is 2. The fourth-order valence-corrected chi connectivity index (χ4v) is 2.59. The summed E-state index contributed by atoms with van der Waals surface area (Å²) in [5, 5.41) is 3.50. The molecule has 0 atom stereocenters. The molecule has 2 nitrogen and oxygen atoms in total. The quantitative estimate of drug-likeness (QED) is 0.641. The van der Waals surface area contributed by atoms with Gasteiger partial charge in [0.2, 0.25) is 0 Å². The molecular formula is C14H27NO. The third-order valence-electron chi connectivity index (χ3n) is 3.93. The standard InChI is InChI=1S/C14H27NO/c1-2-4-13(5-3-1)8-9-15-10-11-16-12-14-6-7-14/h13-15H,1-12H2. The number of nitrogens with one attached hydrogen (secondary N) is 1. The van der Waals surface area contributed by atoms with Crippen LogP contribution in [0.3, 0.4) is 0 Å². The summed E-state index contributed by atoms with van der Waals surface area (Å²) in [6, 6.07) is 0. The van der Waals surface area contributed by atoms with Crippen molar-refractivity contribution in [3.05, 3.63) is 0 Å². The Morgan fingerprint density at radius 3 is 2.44 bits per heavy atom. The molecule has 0 unspecified atom stereocenters. The van der Waals surface area contributed by atoms with E-state index in [1.165, 1.54) is 57.9 Å². The molecule has 0 aromatic rings. The predicted molar refractivity (Wildman–Crippen MR) is 67.6 cm³/mol. The summed E-state index contributed by atoms with van der Waals surface area (Å²) in [6.07, 6.45) is 11.5. The van der Waals surface area contributed by atoms with Crippen LogP contribution >= 0.6 is 0 Å². The minimum absolute atomic E-state index is 0.904. The zero-order valence-corrected chi connectivity index (χ0v) is 10.5. The van der Waals surface area contributed by atoms with Gasteiger partial charge in [0.25, 0.3) is 0 Å². The lowest BCUT2D eigenvalue weighted by atomic mass is 9.87. The Labute approximate surface area is 100 Å². The van der Waals surface area contributed by atoms with Crippen molar-refractivity contribution in [1.29, 1.82) is 0 Å². The summed E-state index contributed by atoms with van der Waals surface area (Å²) >= 11 is 0. The monoisotopic (exact) mass is 225 g/mol. The molecule has 2 saturated carbocycles. The van der Waals surface area contributed by atoms with Gasteiger partial charge in [-0.15, -0.1) is 0 Å². The molecule has 0 saturated heterocycles. The molecule has 94 valence electrons. The summed E-state index contributed by atoms with van der Waals surface area (Å²) in [5.74, 6) is 1.91. The Kier molecular flexibility index (Phi) is 5.64. The molecular weight excluding hydrogens is 198 g/mol. The maximum atomic E-state index is 5.59. The Morgan fingerprint density at radius 2 is 1.69 bits per heavy atom. The van der Waals surface area contributed by atoms with Gasteiger partial charge in [0.1, 0.15) is 0 Å². The van der Waals surface area contributed by atoms with E-state index in [-0.39, 0.29) is 0 Å². The van der Waals surface area contributed by atoms with Gasteiger partial charge in [0.15, 0.2) is 0 Å². The molecule has 2 aliphatic rings. The van der Waals surface area contributed by atoms with E-state index in [9.17, 15) is 0 Å². The molecule has 0 heterocycles. The largest absolute Gasteiger partial charge is 0.380 e. The van der Waals surface area contributed by atoms with Crippen molar-refractivity contribution in [1.82, 2.24) is 5.32 Å². The first-order chi connectivity index (χ1) is 7.95. The Bertz CT molecular complexity index is 174. The van der Waals surface area contributed by atoms with E-state index in [0.29, 0.717) is 0 Å². The molecule has 2 fully saturated rings. The van der Waals surface area contributed by atoms with E-state index in [1.807, 2.05) is 0 Å². The zero-order valence-electron chi connectivity index (χ0n) is 10.5. The van der Waals surface area contributed by atoms with Crippen LogP contribution in [-0.4, -0.2) is 26.3 Å². The Hall–Kier alpha value is -0.0800. The van der Waals surface area contributed by atoms with Gasteiger partial charge in [-0.2, -0.15) is 0 Å². The second kappa shape index (κ2) is 7.29. The average Bonchev–Trinajstić information content (AvgIpc) is 3.13. The van der Waals surface area contributed by atoms with Crippen molar-refractivity contribution >= 4 is 0 Å². The second-order valence-electron chi connectivity index (χ2n) is 5.56. The SMILES string of the molecule is C1CCC(CCNCCOCC2CC2)CC1. The molecule has 0 aromatic heterocycles. The minimum atomic E-state index is 0.904. The molecule has 2 heteroatoms. The normalized spacial score (nSPS) is 22.5. The predicted octanol–water partition coefficient (Wildman–Crippen LogP) is 2.97. The zero-order chi connectivity index (χ0) is 11.1. The molecule has 1 N–H and O–H groups in total. The lowest BCUT2D eigenvalue weighted by Crippen LogP contribution is -2.23. The molecule has 2 rings (SSSR count). The van der Waals surface area contributed by atoms with Crippen LogP contribution in [0.25, 0.3) is 0 Å². The molecule has 0 radical (unpaired) electrons. The highest BCUT2D eigenvalue weighted by atomic mass is 16.5. The van der Waals surface area contributed by atoms with Gasteiger partial charge in [-0.25, -0.2) is 0 Å². The molecule has 0 bridgehead atoms. The van der Waals surface area contributed by atoms with E-state index in [1.54, 1.807) is 0 Å². The number of ether oxygens (including phenoxy) is 1. The van der Waals surface area contributed by atoms with Crippen molar-refractivity contribution in [2.45, 2.75) is 51.4 Å². The van der Waals surface area contributed by atoms with Gasteiger partial charge in [0.05, 0.1) is 6.61 Å². The van der Waals surface area contributed by atoms with Crippen LogP contribution in [0.2, 0.25) is 0 Å². The third kappa shape index (κ3) is 5.31. The van der Waals surface area contributed by atoms with Crippen molar-refractivity contribution in [2.75, 3.05) is 26.3 Å². The maximum Gasteiger partial charge on any atom is 0.0591 e. The summed E-state index contributed by atoms with van der Waals surface area (Å²) < 4.78 is 5.59. The van der Waals surface area contributed by atoms with Gasteiger partial charge in [-0.1, -0.05) is 32.1 Å². The van der Waals surface area contributed by atoms with Crippen molar-refractivity contribution < 1.29 is 4.74 Å². The highest BCUT2D eigenvalue weighted by Gasteiger charge is 2.20. The van der Waals surface area contributed by atoms with Crippen LogP contribution in [0.5, 0.6) is 0 Å². The Balaban J connectivity index is 1.33. The van der Waals surface area contributed by atoms with Crippen molar-refractivity contribution in [3.63, 3.8) is 0 Å². The van der Waals surface area contributed by atoms with Crippen LogP contribution in [0.4, 0.5) is 0 Å². The van der Waals surface area contributed by atoms with Crippen molar-refractivity contribution in [3.8, 4) is 0 Å². The first-order valence-electron chi connectivity index (χ1n) is 7.23. The first kappa shape index (κ1) is 12.4. The van der Waals surface area contributed by atoms with E-state index < -0.39 is 0 Å². The summed E-state index contributed by atoms with van der Waals surface area (Å²) in [5.41, 5.74) is 0. The van der Waals surface area contributed by atoms with E-state index in [2.05, 4.69) is 5.32 Å². The van der Waals surface area contributed by atoms with E-state index >= 15 is 0 Å². The van der Waals surface area contributed by atoms with Crippen LogP contribution < -0.4 is 5.32 Å². The summed E-state index contributed by atoms with van der Waals surface area (Å²) in [4.78, 5) is 0. The van der Waals surface area contributed by atoms with E-state index in [0.717, 1.165) is 31.6 Å². The minimum Gasteiger partial charge on any atom is -0.380 e. The van der Waals surface area contributed by atoms with Gasteiger partial charge >= 0.3 is 0 Å². The van der Waals surface area contributed by atoms with Gasteiger partial charge in [-0.05, 0) is 37.6 Å². The topological polar surface area (TPSA) is 21.3 Å². The molecule has 0 aliphatic heterocycles. The highest BCUT2D eigenvalue weighted by molar-refractivity contribution is 4.72. The molecule has 0 aromatic carbocycles. The third-order valence-corrected chi connectivity index (χ3v) is 3.93. The molecule has 2 aliphatic carbocycles. The lowest BCUT2D eigenvalue weighted by Gasteiger charge is -2.21. The summed E-state index contributed by atoms with van der Waals surface area (Å²) in [7, 11) is 0. The number of hydrogen-bond donors (Lipinski definition) is 1.